The highest BCUT2D eigenvalue weighted by Gasteiger charge is 2.15. The lowest BCUT2D eigenvalue weighted by Crippen LogP contribution is -2.04. The van der Waals surface area contributed by atoms with Crippen LogP contribution in [0.15, 0.2) is 54.6 Å². The number of hydrogen-bond donors (Lipinski definition) is 1. The Morgan fingerprint density at radius 2 is 1.82 bits per heavy atom. The van der Waals surface area contributed by atoms with Crippen LogP contribution < -0.4 is 0 Å². The van der Waals surface area contributed by atoms with Gasteiger partial charge in [0.05, 0.1) is 26.6 Å². The summed E-state index contributed by atoms with van der Waals surface area (Å²) in [5, 5.41) is 0.990. The lowest BCUT2D eigenvalue weighted by Gasteiger charge is -2.04. The van der Waals surface area contributed by atoms with Crippen LogP contribution in [0, 0.1) is 12.7 Å². The topological polar surface area (TPSA) is 45.8 Å². The monoisotopic (exact) mass is 412 g/mol. The van der Waals surface area contributed by atoms with Crippen molar-refractivity contribution in [1.82, 2.24) is 9.97 Å². The van der Waals surface area contributed by atoms with E-state index in [1.807, 2.05) is 0 Å². The van der Waals surface area contributed by atoms with Gasteiger partial charge >= 0.3 is 0 Å². The minimum atomic E-state index is -0.277. The molecule has 0 saturated heterocycles. The minimum Gasteiger partial charge on any atom is -0.338 e. The summed E-state index contributed by atoms with van der Waals surface area (Å²) < 4.78 is 13.4. The van der Waals surface area contributed by atoms with Crippen LogP contribution in [0.1, 0.15) is 21.5 Å². The van der Waals surface area contributed by atoms with E-state index in [2.05, 4.69) is 9.97 Å². The Morgan fingerprint density at radius 1 is 1.07 bits per heavy atom. The summed E-state index contributed by atoms with van der Waals surface area (Å²) in [6.07, 6.45) is 0.198. The molecule has 3 nitrogen and oxygen atoms in total. The summed E-state index contributed by atoms with van der Waals surface area (Å²) in [5.74, 6) is 0.213. The molecule has 0 aliphatic heterocycles. The van der Waals surface area contributed by atoms with E-state index in [-0.39, 0.29) is 18.0 Å². The van der Waals surface area contributed by atoms with Crippen molar-refractivity contribution in [2.24, 2.45) is 0 Å². The lowest BCUT2D eigenvalue weighted by atomic mass is 10.0. The molecule has 0 aliphatic carbocycles. The van der Waals surface area contributed by atoms with E-state index >= 15 is 0 Å². The molecule has 0 atom stereocenters. The fourth-order valence-corrected chi connectivity index (χ4v) is 3.71. The summed E-state index contributed by atoms with van der Waals surface area (Å²) in [6, 6.07) is 15.2. The Kier molecular flexibility index (Phi) is 4.92. The SMILES string of the molecule is Cc1cc(CC(=O)c2ccc3nc(-c4c(Cl)cccc4Cl)[nH]c3c2)ccc1F. The van der Waals surface area contributed by atoms with E-state index in [0.29, 0.717) is 43.6 Å². The second-order valence-corrected chi connectivity index (χ2v) is 7.41. The number of carbonyl (C=O) groups excluding carboxylic acids is 1. The minimum absolute atomic E-state index is 0.0557. The van der Waals surface area contributed by atoms with E-state index in [9.17, 15) is 9.18 Å². The third kappa shape index (κ3) is 3.53. The molecule has 1 heterocycles. The number of fused-ring (bicyclic) bond motifs is 1. The van der Waals surface area contributed by atoms with Crippen LogP contribution in [0.4, 0.5) is 4.39 Å². The maximum atomic E-state index is 13.4. The molecule has 1 aromatic heterocycles. The lowest BCUT2D eigenvalue weighted by molar-refractivity contribution is 0.0993. The van der Waals surface area contributed by atoms with Crippen molar-refractivity contribution in [3.05, 3.63) is 87.2 Å². The van der Waals surface area contributed by atoms with Crippen molar-refractivity contribution in [2.75, 3.05) is 0 Å². The van der Waals surface area contributed by atoms with Crippen molar-refractivity contribution in [3.63, 3.8) is 0 Å². The summed E-state index contributed by atoms with van der Waals surface area (Å²) in [4.78, 5) is 20.4. The number of H-pyrrole nitrogens is 1. The number of aromatic nitrogens is 2. The first-order chi connectivity index (χ1) is 13.4. The van der Waals surface area contributed by atoms with Gasteiger partial charge in [0.15, 0.2) is 5.78 Å². The van der Waals surface area contributed by atoms with Gasteiger partial charge in [-0.05, 0) is 54.4 Å². The summed E-state index contributed by atoms with van der Waals surface area (Å²) >= 11 is 12.5. The van der Waals surface area contributed by atoms with Gasteiger partial charge in [-0.1, -0.05) is 41.4 Å². The number of ketones is 1. The largest absolute Gasteiger partial charge is 0.338 e. The van der Waals surface area contributed by atoms with Crippen LogP contribution in [-0.2, 0) is 6.42 Å². The Balaban J connectivity index is 1.66. The number of aryl methyl sites for hydroxylation is 1. The number of nitrogens with zero attached hydrogens (tertiary/aromatic N) is 1. The number of Topliss-reactive ketones (excluding diaryl/α,β-unsaturated/α-hetero) is 1. The zero-order chi connectivity index (χ0) is 19.8. The predicted molar refractivity (Wildman–Crippen MR) is 111 cm³/mol. The number of carbonyl (C=O) groups is 1. The maximum Gasteiger partial charge on any atom is 0.167 e. The van der Waals surface area contributed by atoms with Crippen molar-refractivity contribution in [3.8, 4) is 11.4 Å². The normalized spacial score (nSPS) is 11.1. The van der Waals surface area contributed by atoms with E-state index in [1.54, 1.807) is 55.5 Å². The quantitative estimate of drug-likeness (QED) is 0.393. The standard InChI is InChI=1S/C22H15Cl2FN2O/c1-12-9-13(5-7-17(12)25)10-20(28)14-6-8-18-19(11-14)27-22(26-18)21-15(23)3-2-4-16(21)24/h2-9,11H,10H2,1H3,(H,26,27). The third-order valence-electron chi connectivity index (χ3n) is 4.59. The maximum absolute atomic E-state index is 13.4. The first-order valence-electron chi connectivity index (χ1n) is 8.65. The summed E-state index contributed by atoms with van der Waals surface area (Å²) in [7, 11) is 0. The summed E-state index contributed by atoms with van der Waals surface area (Å²) in [6.45, 7) is 1.68. The number of benzene rings is 3. The molecular weight excluding hydrogens is 398 g/mol. The van der Waals surface area contributed by atoms with Gasteiger partial charge in [0, 0.05) is 12.0 Å². The molecule has 28 heavy (non-hydrogen) atoms. The van der Waals surface area contributed by atoms with Gasteiger partial charge in [-0.2, -0.15) is 0 Å². The predicted octanol–water partition coefficient (Wildman–Crippen LogP) is 6.41. The highest BCUT2D eigenvalue weighted by molar-refractivity contribution is 6.39. The smallest absolute Gasteiger partial charge is 0.167 e. The highest BCUT2D eigenvalue weighted by Crippen LogP contribution is 2.34. The van der Waals surface area contributed by atoms with E-state index < -0.39 is 0 Å². The van der Waals surface area contributed by atoms with Crippen LogP contribution >= 0.6 is 23.2 Å². The van der Waals surface area contributed by atoms with E-state index in [4.69, 9.17) is 23.2 Å². The number of nitrogens with one attached hydrogen (secondary N) is 1. The number of hydrogen-bond acceptors (Lipinski definition) is 2. The number of aromatic amines is 1. The molecule has 6 heteroatoms. The molecule has 0 spiro atoms. The van der Waals surface area contributed by atoms with Crippen molar-refractivity contribution in [2.45, 2.75) is 13.3 Å². The zero-order valence-electron chi connectivity index (χ0n) is 14.9. The average Bonchev–Trinajstić information content (AvgIpc) is 3.07. The first-order valence-corrected chi connectivity index (χ1v) is 9.40. The van der Waals surface area contributed by atoms with Gasteiger partial charge in [-0.25, -0.2) is 9.37 Å². The van der Waals surface area contributed by atoms with Crippen LogP contribution in [0.5, 0.6) is 0 Å². The third-order valence-corrected chi connectivity index (χ3v) is 5.22. The van der Waals surface area contributed by atoms with Gasteiger partial charge in [0.2, 0.25) is 0 Å². The molecule has 140 valence electrons. The summed E-state index contributed by atoms with van der Waals surface area (Å²) in [5.41, 5.74) is 3.90. The number of imidazole rings is 1. The van der Waals surface area contributed by atoms with Gasteiger partial charge in [0.1, 0.15) is 11.6 Å². The average molecular weight is 413 g/mol. The van der Waals surface area contributed by atoms with Gasteiger partial charge in [-0.3, -0.25) is 4.79 Å². The van der Waals surface area contributed by atoms with E-state index in [0.717, 1.165) is 5.56 Å². The molecule has 0 unspecified atom stereocenters. The van der Waals surface area contributed by atoms with E-state index in [1.165, 1.54) is 6.07 Å². The van der Waals surface area contributed by atoms with Crippen molar-refractivity contribution in [1.29, 1.82) is 0 Å². The second-order valence-electron chi connectivity index (χ2n) is 6.60. The molecule has 0 radical (unpaired) electrons. The first kappa shape index (κ1) is 18.7. The molecule has 0 aliphatic rings. The Morgan fingerprint density at radius 3 is 2.54 bits per heavy atom. The highest BCUT2D eigenvalue weighted by atomic mass is 35.5. The Bertz CT molecular complexity index is 1200. The number of halogens is 3. The molecule has 1 N–H and O–H groups in total. The fourth-order valence-electron chi connectivity index (χ4n) is 3.13. The second kappa shape index (κ2) is 7.38. The molecule has 3 aromatic carbocycles. The molecule has 4 rings (SSSR count). The van der Waals surface area contributed by atoms with Crippen molar-refractivity contribution < 1.29 is 9.18 Å². The van der Waals surface area contributed by atoms with Gasteiger partial charge < -0.3 is 4.98 Å². The molecule has 0 amide bonds. The van der Waals surface area contributed by atoms with Crippen LogP contribution in [-0.4, -0.2) is 15.8 Å². The van der Waals surface area contributed by atoms with Crippen molar-refractivity contribution >= 4 is 40.0 Å². The fraction of sp³-hybridized carbons (Fsp3) is 0.0909. The zero-order valence-corrected chi connectivity index (χ0v) is 16.4. The Hall–Kier alpha value is -2.69. The van der Waals surface area contributed by atoms with Gasteiger partial charge in [-0.15, -0.1) is 0 Å². The molecule has 0 saturated carbocycles. The van der Waals surface area contributed by atoms with Crippen LogP contribution in [0.25, 0.3) is 22.4 Å². The molecule has 0 bridgehead atoms. The Labute approximate surface area is 171 Å². The van der Waals surface area contributed by atoms with Crippen LogP contribution in [0.2, 0.25) is 10.0 Å². The van der Waals surface area contributed by atoms with Gasteiger partial charge in [0.25, 0.3) is 0 Å². The number of rotatable bonds is 4. The van der Waals surface area contributed by atoms with Crippen LogP contribution in [0.3, 0.4) is 0 Å². The molecule has 0 fully saturated rings. The molecule has 4 aromatic rings. The molecular formula is C22H15Cl2FN2O.